The maximum atomic E-state index is 12.2. The summed E-state index contributed by atoms with van der Waals surface area (Å²) >= 11 is 0. The van der Waals surface area contributed by atoms with Gasteiger partial charge in [0.1, 0.15) is 0 Å². The van der Waals surface area contributed by atoms with Gasteiger partial charge in [0.2, 0.25) is 0 Å². The molecule has 18 heavy (non-hydrogen) atoms. The first kappa shape index (κ1) is 12.5. The minimum absolute atomic E-state index is 0.0248. The molecule has 0 aliphatic heterocycles. The van der Waals surface area contributed by atoms with E-state index in [0.717, 1.165) is 10.9 Å². The number of nitriles is 1. The second-order valence-electron chi connectivity index (χ2n) is 4.11. The van der Waals surface area contributed by atoms with Crippen molar-refractivity contribution >= 4 is 20.3 Å². The Hall–Kier alpha value is -1.97. The van der Waals surface area contributed by atoms with E-state index in [9.17, 15) is 4.79 Å². The van der Waals surface area contributed by atoms with Gasteiger partial charge in [0.25, 0.3) is 0 Å². The summed E-state index contributed by atoms with van der Waals surface area (Å²) in [5, 5.41) is 9.59. The van der Waals surface area contributed by atoms with E-state index < -0.39 is 0 Å². The highest BCUT2D eigenvalue weighted by Crippen LogP contribution is 2.12. The highest BCUT2D eigenvalue weighted by atomic mass is 31.0. The second-order valence-corrected chi connectivity index (χ2v) is 4.73. The fourth-order valence-corrected chi connectivity index (χ4v) is 2.02. The Kier molecular flexibility index (Phi) is 3.55. The molecule has 0 heterocycles. The molecule has 0 radical (unpaired) electrons. The van der Waals surface area contributed by atoms with Crippen LogP contribution in [0.3, 0.4) is 0 Å². The first-order chi connectivity index (χ1) is 8.61. The largest absolute Gasteiger partial charge is 0.289 e. The normalized spacial score (nSPS) is 9.83. The standard InChI is InChI=1S/C15H12NOP/c1-10-2-4-11(5-3-10)15(17)12-6-7-13(9-16)14(18)8-12/h2-8H,18H2,1H3. The minimum Gasteiger partial charge on any atom is -0.289 e. The summed E-state index contributed by atoms with van der Waals surface area (Å²) in [5.41, 5.74) is 2.95. The molecular formula is C15H12NOP. The Labute approximate surface area is 108 Å². The molecule has 2 aromatic rings. The van der Waals surface area contributed by atoms with Crippen molar-refractivity contribution in [3.05, 3.63) is 64.7 Å². The van der Waals surface area contributed by atoms with Gasteiger partial charge in [-0.05, 0) is 30.4 Å². The van der Waals surface area contributed by atoms with Gasteiger partial charge in [0.05, 0.1) is 11.6 Å². The summed E-state index contributed by atoms with van der Waals surface area (Å²) in [6.07, 6.45) is 0. The van der Waals surface area contributed by atoms with Crippen LogP contribution in [0, 0.1) is 18.3 Å². The summed E-state index contributed by atoms with van der Waals surface area (Å²) in [4.78, 5) is 12.2. The number of aryl methyl sites for hydroxylation is 1. The van der Waals surface area contributed by atoms with Crippen molar-refractivity contribution in [1.82, 2.24) is 0 Å². The molecule has 0 fully saturated rings. The fraction of sp³-hybridized carbons (Fsp3) is 0.0667. The number of carbonyl (C=O) groups excluding carboxylic acids is 1. The molecule has 0 spiro atoms. The molecule has 88 valence electrons. The maximum absolute atomic E-state index is 12.2. The summed E-state index contributed by atoms with van der Waals surface area (Å²) in [6.45, 7) is 1.98. The first-order valence-corrected chi connectivity index (χ1v) is 6.10. The van der Waals surface area contributed by atoms with Gasteiger partial charge in [-0.25, -0.2) is 0 Å². The molecule has 1 atom stereocenters. The second kappa shape index (κ2) is 5.12. The molecule has 0 bridgehead atoms. The van der Waals surface area contributed by atoms with Crippen LogP contribution in [0.2, 0.25) is 0 Å². The van der Waals surface area contributed by atoms with Crippen LogP contribution in [0.1, 0.15) is 27.0 Å². The average Bonchev–Trinajstić information content (AvgIpc) is 2.38. The van der Waals surface area contributed by atoms with E-state index in [1.165, 1.54) is 0 Å². The molecule has 0 aromatic heterocycles. The lowest BCUT2D eigenvalue weighted by molar-refractivity contribution is 0.103. The summed E-state index contributed by atoms with van der Waals surface area (Å²) in [6, 6.07) is 14.6. The van der Waals surface area contributed by atoms with Crippen molar-refractivity contribution in [2.45, 2.75) is 6.92 Å². The highest BCUT2D eigenvalue weighted by molar-refractivity contribution is 7.27. The Morgan fingerprint density at radius 3 is 2.28 bits per heavy atom. The number of ketones is 1. The van der Waals surface area contributed by atoms with Crippen LogP contribution in [0.5, 0.6) is 0 Å². The lowest BCUT2D eigenvalue weighted by Crippen LogP contribution is -2.06. The smallest absolute Gasteiger partial charge is 0.193 e. The van der Waals surface area contributed by atoms with Gasteiger partial charge >= 0.3 is 0 Å². The van der Waals surface area contributed by atoms with Crippen LogP contribution in [0.15, 0.2) is 42.5 Å². The van der Waals surface area contributed by atoms with E-state index in [1.54, 1.807) is 18.2 Å². The SMILES string of the molecule is Cc1ccc(C(=O)c2ccc(C#N)c(P)c2)cc1. The zero-order chi connectivity index (χ0) is 13.1. The van der Waals surface area contributed by atoms with Crippen LogP contribution < -0.4 is 5.30 Å². The maximum Gasteiger partial charge on any atom is 0.193 e. The predicted octanol–water partition coefficient (Wildman–Crippen LogP) is 2.60. The van der Waals surface area contributed by atoms with E-state index in [4.69, 9.17) is 5.26 Å². The van der Waals surface area contributed by atoms with E-state index >= 15 is 0 Å². The van der Waals surface area contributed by atoms with Gasteiger partial charge in [-0.15, -0.1) is 9.24 Å². The zero-order valence-corrected chi connectivity index (χ0v) is 11.1. The molecule has 2 aromatic carbocycles. The monoisotopic (exact) mass is 253 g/mol. The van der Waals surface area contributed by atoms with Crippen LogP contribution in [0.25, 0.3) is 0 Å². The van der Waals surface area contributed by atoms with Crippen LogP contribution >= 0.6 is 9.24 Å². The molecule has 0 aliphatic rings. The summed E-state index contributed by atoms with van der Waals surface area (Å²) < 4.78 is 0. The molecule has 0 saturated carbocycles. The lowest BCUT2D eigenvalue weighted by atomic mass is 10.0. The van der Waals surface area contributed by atoms with Crippen molar-refractivity contribution in [3.63, 3.8) is 0 Å². The number of nitrogens with zero attached hydrogens (tertiary/aromatic N) is 1. The third kappa shape index (κ3) is 2.47. The van der Waals surface area contributed by atoms with Crippen molar-refractivity contribution in [2.75, 3.05) is 0 Å². The van der Waals surface area contributed by atoms with Gasteiger partial charge in [-0.3, -0.25) is 4.79 Å². The van der Waals surface area contributed by atoms with Gasteiger partial charge in [-0.1, -0.05) is 29.8 Å². The summed E-state index contributed by atoms with van der Waals surface area (Å²) in [7, 11) is 2.48. The third-order valence-corrected chi connectivity index (χ3v) is 3.23. The molecule has 0 amide bonds. The van der Waals surface area contributed by atoms with Gasteiger partial charge in [0.15, 0.2) is 5.78 Å². The van der Waals surface area contributed by atoms with Crippen LogP contribution in [0.4, 0.5) is 0 Å². The predicted molar refractivity (Wildman–Crippen MR) is 75.1 cm³/mol. The molecule has 0 aliphatic carbocycles. The number of hydrogen-bond acceptors (Lipinski definition) is 2. The van der Waals surface area contributed by atoms with Gasteiger partial charge < -0.3 is 0 Å². The molecular weight excluding hydrogens is 241 g/mol. The Bertz CT molecular complexity index is 639. The number of rotatable bonds is 2. The third-order valence-electron chi connectivity index (χ3n) is 2.75. The zero-order valence-electron chi connectivity index (χ0n) is 9.97. The Morgan fingerprint density at radius 2 is 1.72 bits per heavy atom. The van der Waals surface area contributed by atoms with Crippen molar-refractivity contribution in [3.8, 4) is 6.07 Å². The Balaban J connectivity index is 2.38. The quantitative estimate of drug-likeness (QED) is 0.609. The Morgan fingerprint density at radius 1 is 1.11 bits per heavy atom. The van der Waals surface area contributed by atoms with E-state index in [0.29, 0.717) is 16.7 Å². The first-order valence-electron chi connectivity index (χ1n) is 5.53. The molecule has 3 heteroatoms. The topological polar surface area (TPSA) is 40.9 Å². The van der Waals surface area contributed by atoms with Crippen molar-refractivity contribution in [2.24, 2.45) is 0 Å². The highest BCUT2D eigenvalue weighted by Gasteiger charge is 2.10. The van der Waals surface area contributed by atoms with Crippen LogP contribution in [-0.2, 0) is 0 Å². The number of benzene rings is 2. The van der Waals surface area contributed by atoms with Crippen molar-refractivity contribution in [1.29, 1.82) is 5.26 Å². The molecule has 0 saturated heterocycles. The molecule has 2 nitrogen and oxygen atoms in total. The van der Waals surface area contributed by atoms with Crippen molar-refractivity contribution < 1.29 is 4.79 Å². The number of hydrogen-bond donors (Lipinski definition) is 0. The minimum atomic E-state index is -0.0248. The molecule has 2 rings (SSSR count). The van der Waals surface area contributed by atoms with E-state index in [2.05, 4.69) is 15.3 Å². The summed E-state index contributed by atoms with van der Waals surface area (Å²) in [5.74, 6) is -0.0248. The van der Waals surface area contributed by atoms with Crippen LogP contribution in [-0.4, -0.2) is 5.78 Å². The lowest BCUT2D eigenvalue weighted by Gasteiger charge is -2.04. The molecule has 1 unspecified atom stereocenters. The average molecular weight is 253 g/mol. The number of carbonyl (C=O) groups is 1. The van der Waals surface area contributed by atoms with Gasteiger partial charge in [-0.2, -0.15) is 5.26 Å². The molecule has 0 N–H and O–H groups in total. The van der Waals surface area contributed by atoms with E-state index in [-0.39, 0.29) is 5.78 Å². The fourth-order valence-electron chi connectivity index (χ4n) is 1.68. The van der Waals surface area contributed by atoms with E-state index in [1.807, 2.05) is 31.2 Å². The van der Waals surface area contributed by atoms with Gasteiger partial charge in [0, 0.05) is 11.1 Å².